The molecular weight excluding hydrogens is 300 g/mol. The smallest absolute Gasteiger partial charge is 0.229 e. The lowest BCUT2D eigenvalue weighted by Gasteiger charge is -2.20. The number of carbonyl (C=O) groups excluding carboxylic acids is 1. The van der Waals surface area contributed by atoms with Gasteiger partial charge in [0.25, 0.3) is 0 Å². The number of hydrogen-bond donors (Lipinski definition) is 1. The van der Waals surface area contributed by atoms with E-state index in [1.54, 1.807) is 0 Å². The minimum Gasteiger partial charge on any atom is -0.355 e. The summed E-state index contributed by atoms with van der Waals surface area (Å²) in [4.78, 5) is 14.4. The van der Waals surface area contributed by atoms with Gasteiger partial charge in [-0.05, 0) is 37.5 Å². The summed E-state index contributed by atoms with van der Waals surface area (Å²) in [5.74, 6) is 1.33. The van der Waals surface area contributed by atoms with Crippen LogP contribution in [0.3, 0.4) is 0 Å². The quantitative estimate of drug-likeness (QED) is 0.937. The van der Waals surface area contributed by atoms with Crippen molar-refractivity contribution in [3.8, 4) is 0 Å². The number of aromatic nitrogens is 2. The van der Waals surface area contributed by atoms with Gasteiger partial charge in [0, 0.05) is 13.1 Å². The van der Waals surface area contributed by atoms with E-state index in [1.807, 2.05) is 43.3 Å². The minimum atomic E-state index is -0.0718. The van der Waals surface area contributed by atoms with Crippen LogP contribution < -0.4 is 10.2 Å². The maximum atomic E-state index is 12.1. The summed E-state index contributed by atoms with van der Waals surface area (Å²) in [6.45, 7) is 4.09. The van der Waals surface area contributed by atoms with E-state index in [0.717, 1.165) is 30.0 Å². The summed E-state index contributed by atoms with van der Waals surface area (Å²) in [6.07, 6.45) is 5.33. The van der Waals surface area contributed by atoms with Gasteiger partial charge in [0.2, 0.25) is 5.91 Å². The highest BCUT2D eigenvalue weighted by atomic mass is 16.1. The third kappa shape index (κ3) is 4.54. The number of rotatable bonds is 4. The Kier molecular flexibility index (Phi) is 5.41. The van der Waals surface area contributed by atoms with E-state index < -0.39 is 0 Å². The molecule has 1 aliphatic heterocycles. The number of nitrogens with one attached hydrogen (secondary N) is 1. The Hall–Kier alpha value is -2.43. The van der Waals surface area contributed by atoms with Crippen molar-refractivity contribution in [2.45, 2.75) is 39.0 Å². The Morgan fingerprint density at radius 3 is 2.54 bits per heavy atom. The van der Waals surface area contributed by atoms with Gasteiger partial charge in [0.05, 0.1) is 6.42 Å². The van der Waals surface area contributed by atoms with Crippen LogP contribution in [0.25, 0.3) is 0 Å². The summed E-state index contributed by atoms with van der Waals surface area (Å²) in [5.41, 5.74) is 2.16. The van der Waals surface area contributed by atoms with Crippen molar-refractivity contribution in [2.24, 2.45) is 0 Å². The summed E-state index contributed by atoms with van der Waals surface area (Å²) >= 11 is 0. The molecule has 0 spiro atoms. The second kappa shape index (κ2) is 7.90. The van der Waals surface area contributed by atoms with E-state index in [-0.39, 0.29) is 5.91 Å². The number of carbonyl (C=O) groups is 1. The molecule has 0 bridgehead atoms. The van der Waals surface area contributed by atoms with E-state index in [0.29, 0.717) is 12.2 Å². The third-order valence-corrected chi connectivity index (χ3v) is 4.30. The predicted molar refractivity (Wildman–Crippen MR) is 96.2 cm³/mol. The number of hydrogen-bond acceptors (Lipinski definition) is 4. The van der Waals surface area contributed by atoms with Gasteiger partial charge in [-0.2, -0.15) is 0 Å². The fraction of sp³-hybridized carbons (Fsp3) is 0.421. The molecule has 24 heavy (non-hydrogen) atoms. The molecule has 1 saturated heterocycles. The van der Waals surface area contributed by atoms with Gasteiger partial charge in [-0.3, -0.25) is 4.79 Å². The first-order valence-corrected chi connectivity index (χ1v) is 8.65. The van der Waals surface area contributed by atoms with Crippen molar-refractivity contribution in [1.29, 1.82) is 0 Å². The van der Waals surface area contributed by atoms with Crippen LogP contribution in [0.4, 0.5) is 11.6 Å². The fourth-order valence-electron chi connectivity index (χ4n) is 3.05. The maximum Gasteiger partial charge on any atom is 0.229 e. The predicted octanol–water partition coefficient (Wildman–Crippen LogP) is 3.35. The molecule has 1 fully saturated rings. The molecule has 1 aliphatic rings. The number of nitrogens with zero attached hydrogens (tertiary/aromatic N) is 3. The van der Waals surface area contributed by atoms with E-state index in [9.17, 15) is 4.79 Å². The molecule has 1 N–H and O–H groups in total. The average molecular weight is 324 g/mol. The standard InChI is InChI=1S/C19H24N4O/c1-15-7-6-8-16(13-15)14-19(24)20-17-9-10-18(22-21-17)23-11-4-2-3-5-12-23/h6-10,13H,2-5,11-12,14H2,1H3,(H,20,21,24). The molecule has 0 saturated carbocycles. The highest BCUT2D eigenvalue weighted by Crippen LogP contribution is 2.17. The molecule has 5 heteroatoms. The molecule has 0 unspecified atom stereocenters. The van der Waals surface area contributed by atoms with Crippen molar-refractivity contribution in [3.05, 3.63) is 47.5 Å². The third-order valence-electron chi connectivity index (χ3n) is 4.30. The highest BCUT2D eigenvalue weighted by Gasteiger charge is 2.12. The molecular formula is C19H24N4O. The van der Waals surface area contributed by atoms with Crippen LogP contribution in [0.2, 0.25) is 0 Å². The molecule has 1 aromatic heterocycles. The number of amides is 1. The average Bonchev–Trinajstić information content (AvgIpc) is 2.85. The molecule has 1 aromatic carbocycles. The van der Waals surface area contributed by atoms with Crippen LogP contribution in [-0.2, 0) is 11.2 Å². The van der Waals surface area contributed by atoms with Crippen molar-refractivity contribution >= 4 is 17.5 Å². The van der Waals surface area contributed by atoms with Crippen LogP contribution in [0.15, 0.2) is 36.4 Å². The molecule has 0 aliphatic carbocycles. The first-order chi connectivity index (χ1) is 11.7. The zero-order valence-corrected chi connectivity index (χ0v) is 14.2. The van der Waals surface area contributed by atoms with Crippen molar-refractivity contribution in [3.63, 3.8) is 0 Å². The molecule has 1 amide bonds. The first kappa shape index (κ1) is 16.4. The topological polar surface area (TPSA) is 58.1 Å². The molecule has 2 heterocycles. The van der Waals surface area contributed by atoms with Crippen LogP contribution in [0.1, 0.15) is 36.8 Å². The van der Waals surface area contributed by atoms with Crippen molar-refractivity contribution in [1.82, 2.24) is 10.2 Å². The van der Waals surface area contributed by atoms with Crippen LogP contribution in [0.5, 0.6) is 0 Å². The van der Waals surface area contributed by atoms with E-state index >= 15 is 0 Å². The summed E-state index contributed by atoms with van der Waals surface area (Å²) in [7, 11) is 0. The Balaban J connectivity index is 1.58. The number of benzene rings is 1. The lowest BCUT2D eigenvalue weighted by Crippen LogP contribution is -2.25. The van der Waals surface area contributed by atoms with Gasteiger partial charge in [0.15, 0.2) is 11.6 Å². The van der Waals surface area contributed by atoms with Gasteiger partial charge in [-0.25, -0.2) is 0 Å². The Bertz CT molecular complexity index is 676. The van der Waals surface area contributed by atoms with Crippen LogP contribution in [0, 0.1) is 6.92 Å². The molecule has 126 valence electrons. The Morgan fingerprint density at radius 2 is 1.88 bits per heavy atom. The largest absolute Gasteiger partial charge is 0.355 e. The highest BCUT2D eigenvalue weighted by molar-refractivity contribution is 5.91. The molecule has 2 aromatic rings. The Labute approximate surface area is 143 Å². The first-order valence-electron chi connectivity index (χ1n) is 8.65. The van der Waals surface area contributed by atoms with Crippen LogP contribution in [-0.4, -0.2) is 29.2 Å². The molecule has 3 rings (SSSR count). The number of aryl methyl sites for hydroxylation is 1. The summed E-state index contributed by atoms with van der Waals surface area (Å²) in [6, 6.07) is 11.7. The van der Waals surface area contributed by atoms with Gasteiger partial charge < -0.3 is 10.2 Å². The van der Waals surface area contributed by atoms with Crippen molar-refractivity contribution < 1.29 is 4.79 Å². The van der Waals surface area contributed by atoms with Crippen LogP contribution >= 0.6 is 0 Å². The summed E-state index contributed by atoms with van der Waals surface area (Å²) in [5, 5.41) is 11.3. The Morgan fingerprint density at radius 1 is 1.08 bits per heavy atom. The van der Waals surface area contributed by atoms with E-state index in [1.165, 1.54) is 25.7 Å². The lowest BCUT2D eigenvalue weighted by molar-refractivity contribution is -0.115. The van der Waals surface area contributed by atoms with Crippen molar-refractivity contribution in [2.75, 3.05) is 23.3 Å². The van der Waals surface area contributed by atoms with Gasteiger partial charge in [-0.1, -0.05) is 42.7 Å². The molecule has 0 radical (unpaired) electrons. The number of anilines is 2. The second-order valence-corrected chi connectivity index (χ2v) is 6.39. The van der Waals surface area contributed by atoms with Gasteiger partial charge in [-0.15, -0.1) is 10.2 Å². The maximum absolute atomic E-state index is 12.1. The normalized spacial score (nSPS) is 15.0. The molecule has 0 atom stereocenters. The zero-order chi connectivity index (χ0) is 16.8. The molecule has 5 nitrogen and oxygen atoms in total. The minimum absolute atomic E-state index is 0.0718. The SMILES string of the molecule is Cc1cccc(CC(=O)Nc2ccc(N3CCCCCC3)nn2)c1. The second-order valence-electron chi connectivity index (χ2n) is 6.39. The fourth-order valence-corrected chi connectivity index (χ4v) is 3.05. The lowest BCUT2D eigenvalue weighted by atomic mass is 10.1. The van der Waals surface area contributed by atoms with Gasteiger partial charge >= 0.3 is 0 Å². The van der Waals surface area contributed by atoms with Gasteiger partial charge in [0.1, 0.15) is 0 Å². The van der Waals surface area contributed by atoms with E-state index in [2.05, 4.69) is 20.4 Å². The zero-order valence-electron chi connectivity index (χ0n) is 14.2. The summed E-state index contributed by atoms with van der Waals surface area (Å²) < 4.78 is 0. The monoisotopic (exact) mass is 324 g/mol. The van der Waals surface area contributed by atoms with E-state index in [4.69, 9.17) is 0 Å².